The van der Waals surface area contributed by atoms with Crippen LogP contribution >= 0.6 is 27.5 Å². The second kappa shape index (κ2) is 7.97. The fraction of sp³-hybridized carbons (Fsp3) is 0.238. The standard InChI is InChI=1S/C21H20BrClN4O/c1-14-2-7-17(23)12-20(14)26-8-10-27(11-9-26)21(28)19-13-18(24-25-19)15-3-5-16(22)6-4-15/h2-7,12-13H,8-11H2,1H3,(H,24,25). The molecule has 0 radical (unpaired) electrons. The summed E-state index contributed by atoms with van der Waals surface area (Å²) in [6.45, 7) is 4.97. The highest BCUT2D eigenvalue weighted by Gasteiger charge is 2.24. The number of halogens is 2. The Bertz CT molecular complexity index is 994. The van der Waals surface area contributed by atoms with Gasteiger partial charge in [0.1, 0.15) is 5.69 Å². The first-order valence-electron chi connectivity index (χ1n) is 9.13. The molecule has 7 heteroatoms. The van der Waals surface area contributed by atoms with Crippen LogP contribution in [-0.4, -0.2) is 47.2 Å². The summed E-state index contributed by atoms with van der Waals surface area (Å²) in [5, 5.41) is 7.93. The average Bonchev–Trinajstić information content (AvgIpc) is 3.20. The number of H-pyrrole nitrogens is 1. The third kappa shape index (κ3) is 3.93. The number of nitrogens with zero attached hydrogens (tertiary/aromatic N) is 3. The van der Waals surface area contributed by atoms with Gasteiger partial charge in [-0.15, -0.1) is 0 Å². The number of benzene rings is 2. The lowest BCUT2D eigenvalue weighted by Crippen LogP contribution is -2.49. The summed E-state index contributed by atoms with van der Waals surface area (Å²) >= 11 is 9.58. The van der Waals surface area contributed by atoms with Crippen LogP contribution in [0.15, 0.2) is 53.0 Å². The Hall–Kier alpha value is -2.31. The Morgan fingerprint density at radius 2 is 1.79 bits per heavy atom. The van der Waals surface area contributed by atoms with Crippen LogP contribution in [0.1, 0.15) is 16.1 Å². The summed E-state index contributed by atoms with van der Waals surface area (Å²) in [4.78, 5) is 17.0. The van der Waals surface area contributed by atoms with Gasteiger partial charge < -0.3 is 9.80 Å². The number of aromatic amines is 1. The lowest BCUT2D eigenvalue weighted by Gasteiger charge is -2.36. The number of hydrogen-bond donors (Lipinski definition) is 1. The Balaban J connectivity index is 1.43. The van der Waals surface area contributed by atoms with Crippen molar-refractivity contribution in [3.63, 3.8) is 0 Å². The zero-order chi connectivity index (χ0) is 19.7. The Morgan fingerprint density at radius 1 is 1.07 bits per heavy atom. The predicted octanol–water partition coefficient (Wildman–Crippen LogP) is 4.76. The van der Waals surface area contributed by atoms with Crippen LogP contribution in [0.5, 0.6) is 0 Å². The van der Waals surface area contributed by atoms with Gasteiger partial charge in [0.15, 0.2) is 0 Å². The van der Waals surface area contributed by atoms with Gasteiger partial charge in [0.2, 0.25) is 0 Å². The van der Waals surface area contributed by atoms with Gasteiger partial charge in [0, 0.05) is 46.9 Å². The van der Waals surface area contributed by atoms with Gasteiger partial charge in [0.05, 0.1) is 5.69 Å². The molecule has 1 saturated heterocycles. The van der Waals surface area contributed by atoms with E-state index < -0.39 is 0 Å². The van der Waals surface area contributed by atoms with E-state index in [4.69, 9.17) is 11.6 Å². The van der Waals surface area contributed by atoms with E-state index in [-0.39, 0.29) is 5.91 Å². The summed E-state index contributed by atoms with van der Waals surface area (Å²) in [6, 6.07) is 15.6. The molecule has 5 nitrogen and oxygen atoms in total. The first kappa shape index (κ1) is 19.0. The maximum Gasteiger partial charge on any atom is 0.272 e. The normalized spacial score (nSPS) is 14.4. The molecule has 1 aromatic heterocycles. The van der Waals surface area contributed by atoms with Crippen molar-refractivity contribution in [1.29, 1.82) is 0 Å². The quantitative estimate of drug-likeness (QED) is 0.614. The number of aromatic nitrogens is 2. The minimum atomic E-state index is -0.0154. The van der Waals surface area contributed by atoms with Crippen LogP contribution in [0.2, 0.25) is 5.02 Å². The number of anilines is 1. The van der Waals surface area contributed by atoms with Gasteiger partial charge in [0.25, 0.3) is 5.91 Å². The molecular weight excluding hydrogens is 440 g/mol. The molecule has 0 bridgehead atoms. The fourth-order valence-corrected chi connectivity index (χ4v) is 3.87. The minimum absolute atomic E-state index is 0.0154. The molecule has 0 atom stereocenters. The van der Waals surface area contributed by atoms with Crippen molar-refractivity contribution in [2.75, 3.05) is 31.1 Å². The van der Waals surface area contributed by atoms with Crippen LogP contribution in [0.3, 0.4) is 0 Å². The molecular formula is C21H20BrClN4O. The largest absolute Gasteiger partial charge is 0.368 e. The summed E-state index contributed by atoms with van der Waals surface area (Å²) in [6.07, 6.45) is 0. The molecule has 0 aliphatic carbocycles. The number of carbonyl (C=O) groups is 1. The maximum atomic E-state index is 12.9. The molecule has 1 aliphatic heterocycles. The fourth-order valence-electron chi connectivity index (χ4n) is 3.44. The minimum Gasteiger partial charge on any atom is -0.368 e. The molecule has 28 heavy (non-hydrogen) atoms. The van der Waals surface area contributed by atoms with E-state index in [0.717, 1.165) is 39.5 Å². The zero-order valence-corrected chi connectivity index (χ0v) is 17.8. The van der Waals surface area contributed by atoms with Gasteiger partial charge in [-0.3, -0.25) is 9.89 Å². The van der Waals surface area contributed by atoms with E-state index in [0.29, 0.717) is 18.8 Å². The van der Waals surface area contributed by atoms with Crippen LogP contribution in [0, 0.1) is 6.92 Å². The number of aryl methyl sites for hydroxylation is 1. The molecule has 0 unspecified atom stereocenters. The van der Waals surface area contributed by atoms with Gasteiger partial charge >= 0.3 is 0 Å². The van der Waals surface area contributed by atoms with E-state index in [1.807, 2.05) is 53.4 Å². The summed E-state index contributed by atoms with van der Waals surface area (Å²) in [5.41, 5.74) is 4.59. The molecule has 2 aromatic carbocycles. The molecule has 0 saturated carbocycles. The third-order valence-electron chi connectivity index (χ3n) is 5.03. The molecule has 3 aromatic rings. The Morgan fingerprint density at radius 3 is 2.50 bits per heavy atom. The van der Waals surface area contributed by atoms with Gasteiger partial charge in [-0.25, -0.2) is 0 Å². The number of nitrogens with one attached hydrogen (secondary N) is 1. The van der Waals surface area contributed by atoms with Crippen LogP contribution in [0.25, 0.3) is 11.3 Å². The number of carbonyl (C=O) groups excluding carboxylic acids is 1. The molecule has 144 valence electrons. The Kier molecular flexibility index (Phi) is 5.42. The highest BCUT2D eigenvalue weighted by molar-refractivity contribution is 9.10. The third-order valence-corrected chi connectivity index (χ3v) is 5.79. The van der Waals surface area contributed by atoms with E-state index in [1.165, 1.54) is 5.56 Å². The van der Waals surface area contributed by atoms with Gasteiger partial charge in [-0.2, -0.15) is 5.10 Å². The molecule has 4 rings (SSSR count). The van der Waals surface area contributed by atoms with Crippen LogP contribution < -0.4 is 4.90 Å². The van der Waals surface area contributed by atoms with Crippen molar-refractivity contribution in [3.05, 3.63) is 69.3 Å². The van der Waals surface area contributed by atoms with Crippen molar-refractivity contribution in [1.82, 2.24) is 15.1 Å². The average molecular weight is 460 g/mol. The summed E-state index contributed by atoms with van der Waals surface area (Å²) in [5.74, 6) is -0.0154. The lowest BCUT2D eigenvalue weighted by atomic mass is 10.1. The number of rotatable bonds is 3. The smallest absolute Gasteiger partial charge is 0.272 e. The highest BCUT2D eigenvalue weighted by Crippen LogP contribution is 2.26. The zero-order valence-electron chi connectivity index (χ0n) is 15.5. The predicted molar refractivity (Wildman–Crippen MR) is 116 cm³/mol. The lowest BCUT2D eigenvalue weighted by molar-refractivity contribution is 0.0741. The van der Waals surface area contributed by atoms with E-state index >= 15 is 0 Å². The molecule has 1 fully saturated rings. The van der Waals surface area contributed by atoms with Crippen molar-refractivity contribution in [2.24, 2.45) is 0 Å². The monoisotopic (exact) mass is 458 g/mol. The SMILES string of the molecule is Cc1ccc(Cl)cc1N1CCN(C(=O)c2cc(-c3ccc(Br)cc3)n[nH]2)CC1. The molecule has 0 spiro atoms. The molecule has 1 aliphatic rings. The van der Waals surface area contributed by atoms with Crippen LogP contribution in [0.4, 0.5) is 5.69 Å². The van der Waals surface area contributed by atoms with E-state index in [2.05, 4.69) is 38.0 Å². The van der Waals surface area contributed by atoms with E-state index in [9.17, 15) is 4.79 Å². The summed E-state index contributed by atoms with van der Waals surface area (Å²) < 4.78 is 1.01. The van der Waals surface area contributed by atoms with Crippen molar-refractivity contribution in [2.45, 2.75) is 6.92 Å². The second-order valence-electron chi connectivity index (χ2n) is 6.88. The number of piperazine rings is 1. The van der Waals surface area contributed by atoms with Crippen molar-refractivity contribution in [3.8, 4) is 11.3 Å². The van der Waals surface area contributed by atoms with E-state index in [1.54, 1.807) is 0 Å². The molecule has 1 N–H and O–H groups in total. The maximum absolute atomic E-state index is 12.9. The summed E-state index contributed by atoms with van der Waals surface area (Å²) in [7, 11) is 0. The second-order valence-corrected chi connectivity index (χ2v) is 8.24. The van der Waals surface area contributed by atoms with Crippen LogP contribution in [-0.2, 0) is 0 Å². The number of hydrogen-bond acceptors (Lipinski definition) is 3. The van der Waals surface area contributed by atoms with Crippen molar-refractivity contribution < 1.29 is 4.79 Å². The van der Waals surface area contributed by atoms with Gasteiger partial charge in [-0.1, -0.05) is 45.7 Å². The molecule has 1 amide bonds. The van der Waals surface area contributed by atoms with Gasteiger partial charge in [-0.05, 0) is 42.8 Å². The Labute approximate surface area is 177 Å². The number of amides is 1. The molecule has 2 heterocycles. The first-order valence-corrected chi connectivity index (χ1v) is 10.3. The first-order chi connectivity index (χ1) is 13.5. The van der Waals surface area contributed by atoms with Crippen molar-refractivity contribution >= 4 is 39.1 Å². The highest BCUT2D eigenvalue weighted by atomic mass is 79.9. The topological polar surface area (TPSA) is 52.2 Å².